The number of aromatic nitrogens is 2. The zero-order valence-electron chi connectivity index (χ0n) is 11.2. The van der Waals surface area contributed by atoms with E-state index in [1.165, 1.54) is 0 Å². The summed E-state index contributed by atoms with van der Waals surface area (Å²) >= 11 is 0. The van der Waals surface area contributed by atoms with Gasteiger partial charge in [0, 0.05) is 38.9 Å². The van der Waals surface area contributed by atoms with Crippen molar-refractivity contribution in [3.05, 3.63) is 17.0 Å². The average Bonchev–Trinajstić information content (AvgIpc) is 2.93. The third kappa shape index (κ3) is 1.65. The molecular formula is C13H20N4O. The minimum Gasteiger partial charge on any atom is -0.338 e. The van der Waals surface area contributed by atoms with Crippen molar-refractivity contribution >= 4 is 5.91 Å². The molecule has 3 rings (SSSR count). The Kier molecular flexibility index (Phi) is 2.66. The molecule has 2 fully saturated rings. The zero-order chi connectivity index (χ0) is 12.9. The number of aryl methyl sites for hydroxylation is 2. The van der Waals surface area contributed by atoms with E-state index in [1.807, 2.05) is 25.8 Å². The fourth-order valence-electron chi connectivity index (χ4n) is 3.26. The van der Waals surface area contributed by atoms with Crippen LogP contribution in [0.1, 0.15) is 21.7 Å². The van der Waals surface area contributed by atoms with Gasteiger partial charge in [0.25, 0.3) is 5.91 Å². The molecule has 0 bridgehead atoms. The van der Waals surface area contributed by atoms with Crippen LogP contribution in [0.3, 0.4) is 0 Å². The number of carbonyl (C=O) groups excluding carboxylic acids is 1. The van der Waals surface area contributed by atoms with E-state index in [0.717, 1.165) is 43.1 Å². The SMILES string of the molecule is Cc1nn(C)c(C)c1C(=O)N1CC2CNCC2C1. The molecule has 98 valence electrons. The molecule has 1 N–H and O–H groups in total. The Hall–Kier alpha value is -1.36. The monoisotopic (exact) mass is 248 g/mol. The zero-order valence-corrected chi connectivity index (χ0v) is 11.2. The molecule has 2 saturated heterocycles. The third-order valence-corrected chi connectivity index (χ3v) is 4.40. The Labute approximate surface area is 107 Å². The highest BCUT2D eigenvalue weighted by atomic mass is 16.2. The molecule has 3 heterocycles. The molecule has 2 unspecified atom stereocenters. The minimum atomic E-state index is 0.160. The summed E-state index contributed by atoms with van der Waals surface area (Å²) in [5.74, 6) is 1.45. The smallest absolute Gasteiger partial charge is 0.257 e. The largest absolute Gasteiger partial charge is 0.338 e. The van der Waals surface area contributed by atoms with Crippen LogP contribution in [-0.2, 0) is 7.05 Å². The lowest BCUT2D eigenvalue weighted by atomic mass is 10.0. The van der Waals surface area contributed by atoms with Crippen molar-refractivity contribution in [1.82, 2.24) is 20.0 Å². The van der Waals surface area contributed by atoms with Crippen molar-refractivity contribution in [2.24, 2.45) is 18.9 Å². The quantitative estimate of drug-likeness (QED) is 0.779. The first-order chi connectivity index (χ1) is 8.58. The molecule has 0 saturated carbocycles. The lowest BCUT2D eigenvalue weighted by molar-refractivity contribution is 0.0780. The van der Waals surface area contributed by atoms with Crippen molar-refractivity contribution in [3.8, 4) is 0 Å². The number of nitrogens with one attached hydrogen (secondary N) is 1. The predicted molar refractivity (Wildman–Crippen MR) is 68.4 cm³/mol. The van der Waals surface area contributed by atoms with Gasteiger partial charge >= 0.3 is 0 Å². The standard InChI is InChI=1S/C13H20N4O/c1-8-12(9(2)16(3)15-8)13(18)17-6-10-4-14-5-11(10)7-17/h10-11,14H,4-7H2,1-3H3. The second kappa shape index (κ2) is 4.09. The van der Waals surface area contributed by atoms with E-state index in [2.05, 4.69) is 10.4 Å². The van der Waals surface area contributed by atoms with E-state index in [1.54, 1.807) is 4.68 Å². The van der Waals surface area contributed by atoms with Crippen molar-refractivity contribution < 1.29 is 4.79 Å². The lowest BCUT2D eigenvalue weighted by Crippen LogP contribution is -2.32. The summed E-state index contributed by atoms with van der Waals surface area (Å²) in [5.41, 5.74) is 2.60. The molecule has 0 aromatic carbocycles. The number of hydrogen-bond acceptors (Lipinski definition) is 3. The maximum atomic E-state index is 12.6. The highest BCUT2D eigenvalue weighted by Crippen LogP contribution is 2.28. The molecule has 5 nitrogen and oxygen atoms in total. The molecule has 0 aliphatic carbocycles. The van der Waals surface area contributed by atoms with Crippen molar-refractivity contribution in [3.63, 3.8) is 0 Å². The van der Waals surface area contributed by atoms with E-state index >= 15 is 0 Å². The van der Waals surface area contributed by atoms with Crippen LogP contribution in [0, 0.1) is 25.7 Å². The summed E-state index contributed by atoms with van der Waals surface area (Å²) in [5, 5.41) is 7.73. The number of hydrogen-bond donors (Lipinski definition) is 1. The van der Waals surface area contributed by atoms with Gasteiger partial charge in [-0.2, -0.15) is 5.10 Å². The van der Waals surface area contributed by atoms with Gasteiger partial charge in [-0.25, -0.2) is 0 Å². The van der Waals surface area contributed by atoms with Gasteiger partial charge in [0.05, 0.1) is 11.3 Å². The normalized spacial score (nSPS) is 26.7. The van der Waals surface area contributed by atoms with Crippen LogP contribution in [0.4, 0.5) is 0 Å². The average molecular weight is 248 g/mol. The van der Waals surface area contributed by atoms with E-state index in [4.69, 9.17) is 0 Å². The maximum Gasteiger partial charge on any atom is 0.257 e. The number of amides is 1. The molecule has 18 heavy (non-hydrogen) atoms. The summed E-state index contributed by atoms with van der Waals surface area (Å²) in [6.07, 6.45) is 0. The van der Waals surface area contributed by atoms with Gasteiger partial charge in [0.15, 0.2) is 0 Å². The van der Waals surface area contributed by atoms with Crippen LogP contribution in [0.15, 0.2) is 0 Å². The maximum absolute atomic E-state index is 12.6. The first kappa shape index (κ1) is 11.7. The summed E-state index contributed by atoms with van der Waals surface area (Å²) in [6, 6.07) is 0. The second-order valence-corrected chi connectivity index (χ2v) is 5.56. The van der Waals surface area contributed by atoms with Gasteiger partial charge in [-0.1, -0.05) is 0 Å². The third-order valence-electron chi connectivity index (χ3n) is 4.40. The second-order valence-electron chi connectivity index (χ2n) is 5.56. The lowest BCUT2D eigenvalue weighted by Gasteiger charge is -2.17. The fourth-order valence-corrected chi connectivity index (χ4v) is 3.26. The Morgan fingerprint density at radius 1 is 1.28 bits per heavy atom. The number of likely N-dealkylation sites (tertiary alicyclic amines) is 1. The molecule has 2 aliphatic heterocycles. The van der Waals surface area contributed by atoms with Crippen molar-refractivity contribution in [2.45, 2.75) is 13.8 Å². The van der Waals surface area contributed by atoms with Gasteiger partial charge in [-0.15, -0.1) is 0 Å². The Morgan fingerprint density at radius 2 is 1.89 bits per heavy atom. The minimum absolute atomic E-state index is 0.160. The van der Waals surface area contributed by atoms with Crippen LogP contribution >= 0.6 is 0 Å². The highest BCUT2D eigenvalue weighted by Gasteiger charge is 2.39. The van der Waals surface area contributed by atoms with Crippen LogP contribution < -0.4 is 5.32 Å². The van der Waals surface area contributed by atoms with Gasteiger partial charge in [0.1, 0.15) is 0 Å². The van der Waals surface area contributed by atoms with E-state index in [0.29, 0.717) is 11.8 Å². The Bertz CT molecular complexity index is 481. The Balaban J connectivity index is 1.83. The van der Waals surface area contributed by atoms with Gasteiger partial charge in [-0.3, -0.25) is 9.48 Å². The molecule has 5 heteroatoms. The summed E-state index contributed by atoms with van der Waals surface area (Å²) in [7, 11) is 1.89. The van der Waals surface area contributed by atoms with Crippen molar-refractivity contribution in [1.29, 1.82) is 0 Å². The Morgan fingerprint density at radius 3 is 2.39 bits per heavy atom. The first-order valence-corrected chi connectivity index (χ1v) is 6.58. The molecule has 1 amide bonds. The number of nitrogens with zero attached hydrogens (tertiary/aromatic N) is 3. The van der Waals surface area contributed by atoms with Gasteiger partial charge < -0.3 is 10.2 Å². The van der Waals surface area contributed by atoms with E-state index in [9.17, 15) is 4.79 Å². The molecule has 1 aromatic heterocycles. The van der Waals surface area contributed by atoms with E-state index < -0.39 is 0 Å². The highest BCUT2D eigenvalue weighted by molar-refractivity contribution is 5.96. The summed E-state index contributed by atoms with van der Waals surface area (Å²) in [4.78, 5) is 14.6. The van der Waals surface area contributed by atoms with E-state index in [-0.39, 0.29) is 5.91 Å². The van der Waals surface area contributed by atoms with Gasteiger partial charge in [0.2, 0.25) is 0 Å². The molecule has 2 atom stereocenters. The first-order valence-electron chi connectivity index (χ1n) is 6.58. The van der Waals surface area contributed by atoms with Crippen LogP contribution in [0.5, 0.6) is 0 Å². The van der Waals surface area contributed by atoms with Crippen molar-refractivity contribution in [2.75, 3.05) is 26.2 Å². The van der Waals surface area contributed by atoms with Crippen LogP contribution in [0.25, 0.3) is 0 Å². The van der Waals surface area contributed by atoms with Gasteiger partial charge in [-0.05, 0) is 25.7 Å². The number of fused-ring (bicyclic) bond motifs is 1. The topological polar surface area (TPSA) is 50.2 Å². The molecule has 2 aliphatic rings. The molecule has 0 spiro atoms. The predicted octanol–water partition coefficient (Wildman–Crippen LogP) is 0.328. The van der Waals surface area contributed by atoms with Crippen LogP contribution in [0.2, 0.25) is 0 Å². The molecule has 0 radical (unpaired) electrons. The molecular weight excluding hydrogens is 228 g/mol. The number of carbonyl (C=O) groups is 1. The summed E-state index contributed by atoms with van der Waals surface area (Å²) in [6.45, 7) is 7.78. The summed E-state index contributed by atoms with van der Waals surface area (Å²) < 4.78 is 1.79. The number of rotatable bonds is 1. The van der Waals surface area contributed by atoms with Crippen LogP contribution in [-0.4, -0.2) is 46.8 Å². The molecule has 1 aromatic rings. The fraction of sp³-hybridized carbons (Fsp3) is 0.692.